The summed E-state index contributed by atoms with van der Waals surface area (Å²) < 4.78 is 11.7. The highest BCUT2D eigenvalue weighted by atomic mass is 16.5. The minimum absolute atomic E-state index is 0.192. The summed E-state index contributed by atoms with van der Waals surface area (Å²) in [5.74, 6) is -0.0630. The number of carbonyl (C=O) groups is 2. The highest BCUT2D eigenvalue weighted by molar-refractivity contribution is 5.94. The lowest BCUT2D eigenvalue weighted by Crippen LogP contribution is -2.21. The molecule has 0 saturated heterocycles. The van der Waals surface area contributed by atoms with E-state index >= 15 is 0 Å². The highest BCUT2D eigenvalue weighted by Gasteiger charge is 2.21. The predicted molar refractivity (Wildman–Crippen MR) is 110 cm³/mol. The molecule has 0 radical (unpaired) electrons. The Bertz CT molecular complexity index is 997. The molecule has 0 bridgehead atoms. The number of hydrogen-bond acceptors (Lipinski definition) is 5. The second-order valence-corrected chi connectivity index (χ2v) is 7.42. The third-order valence-corrected chi connectivity index (χ3v) is 4.02. The lowest BCUT2D eigenvalue weighted by Gasteiger charge is -2.14. The van der Waals surface area contributed by atoms with E-state index in [0.717, 1.165) is 11.4 Å². The summed E-state index contributed by atoms with van der Waals surface area (Å²) in [5.41, 5.74) is 1.45. The van der Waals surface area contributed by atoms with Crippen molar-refractivity contribution < 1.29 is 18.7 Å². The molecule has 0 spiro atoms. The summed E-state index contributed by atoms with van der Waals surface area (Å²) in [5, 5.41) is 7.40. The van der Waals surface area contributed by atoms with Gasteiger partial charge in [0.1, 0.15) is 11.6 Å². The predicted octanol–water partition coefficient (Wildman–Crippen LogP) is 3.96. The Morgan fingerprint density at radius 1 is 1.17 bits per heavy atom. The molecule has 0 unspecified atom stereocenters. The van der Waals surface area contributed by atoms with Gasteiger partial charge in [0.2, 0.25) is 0 Å². The molecule has 1 N–H and O–H groups in total. The number of ether oxygens (including phenoxy) is 1. The van der Waals surface area contributed by atoms with Gasteiger partial charge in [0.15, 0.2) is 6.61 Å². The molecule has 1 amide bonds. The summed E-state index contributed by atoms with van der Waals surface area (Å²) in [7, 11) is 0. The number of rotatable bonds is 6. The highest BCUT2D eigenvalue weighted by Crippen LogP contribution is 2.26. The summed E-state index contributed by atoms with van der Waals surface area (Å²) in [6.45, 7) is 5.72. The average molecular weight is 393 g/mol. The molecule has 2 heterocycles. The van der Waals surface area contributed by atoms with Crippen molar-refractivity contribution in [2.24, 2.45) is 0 Å². The molecule has 0 atom stereocenters. The van der Waals surface area contributed by atoms with Crippen LogP contribution >= 0.6 is 0 Å². The lowest BCUT2D eigenvalue weighted by molar-refractivity contribution is -0.142. The first-order valence-corrected chi connectivity index (χ1v) is 9.17. The van der Waals surface area contributed by atoms with Crippen LogP contribution in [0, 0.1) is 0 Å². The normalized spacial score (nSPS) is 11.6. The van der Waals surface area contributed by atoms with Crippen LogP contribution in [0.2, 0.25) is 0 Å². The number of furan rings is 1. The zero-order valence-corrected chi connectivity index (χ0v) is 16.6. The Hall–Kier alpha value is -3.61. The fraction of sp³-hybridized carbons (Fsp3) is 0.227. The number of nitrogens with one attached hydrogen (secondary N) is 1. The number of benzene rings is 1. The Kier molecular flexibility index (Phi) is 5.97. The maximum atomic E-state index is 12.3. The molecule has 7 nitrogen and oxygen atoms in total. The SMILES string of the molecule is CC(C)(C)c1cc(NC(=O)COC(=O)/C=C/c2ccco2)n(-c2ccccc2)n1. The molecule has 0 saturated carbocycles. The van der Waals surface area contributed by atoms with Crippen molar-refractivity contribution in [2.45, 2.75) is 26.2 Å². The van der Waals surface area contributed by atoms with Crippen molar-refractivity contribution in [3.05, 3.63) is 72.3 Å². The molecule has 1 aromatic carbocycles. The van der Waals surface area contributed by atoms with Gasteiger partial charge in [-0.05, 0) is 30.3 Å². The zero-order chi connectivity index (χ0) is 20.9. The second-order valence-electron chi connectivity index (χ2n) is 7.42. The Labute approximate surface area is 169 Å². The van der Waals surface area contributed by atoms with Gasteiger partial charge in [-0.3, -0.25) is 4.79 Å². The topological polar surface area (TPSA) is 86.4 Å². The van der Waals surface area contributed by atoms with E-state index in [9.17, 15) is 9.59 Å². The fourth-order valence-electron chi connectivity index (χ4n) is 2.50. The van der Waals surface area contributed by atoms with E-state index in [0.29, 0.717) is 11.6 Å². The van der Waals surface area contributed by atoms with Crippen molar-refractivity contribution in [3.8, 4) is 5.69 Å². The summed E-state index contributed by atoms with van der Waals surface area (Å²) >= 11 is 0. The van der Waals surface area contributed by atoms with E-state index in [2.05, 4.69) is 10.4 Å². The number of anilines is 1. The number of esters is 1. The monoisotopic (exact) mass is 393 g/mol. The quantitative estimate of drug-likeness (QED) is 0.506. The van der Waals surface area contributed by atoms with Crippen LogP contribution in [0.4, 0.5) is 5.82 Å². The molecule has 2 aromatic heterocycles. The van der Waals surface area contributed by atoms with Crippen molar-refractivity contribution in [3.63, 3.8) is 0 Å². The van der Waals surface area contributed by atoms with E-state index in [1.807, 2.05) is 57.2 Å². The Balaban J connectivity index is 1.67. The molecular weight excluding hydrogens is 370 g/mol. The van der Waals surface area contributed by atoms with Crippen molar-refractivity contribution >= 4 is 23.8 Å². The maximum Gasteiger partial charge on any atom is 0.331 e. The van der Waals surface area contributed by atoms with Gasteiger partial charge in [-0.25, -0.2) is 9.48 Å². The molecule has 3 aromatic rings. The first-order valence-electron chi connectivity index (χ1n) is 9.17. The molecule has 0 aliphatic heterocycles. The van der Waals surface area contributed by atoms with Crippen LogP contribution in [0.5, 0.6) is 0 Å². The van der Waals surface area contributed by atoms with Crippen molar-refractivity contribution in [1.82, 2.24) is 9.78 Å². The molecule has 0 aliphatic rings. The van der Waals surface area contributed by atoms with Gasteiger partial charge in [-0.1, -0.05) is 39.0 Å². The minimum Gasteiger partial charge on any atom is -0.465 e. The summed E-state index contributed by atoms with van der Waals surface area (Å²) in [6.07, 6.45) is 4.18. The zero-order valence-electron chi connectivity index (χ0n) is 16.6. The van der Waals surface area contributed by atoms with Crippen molar-refractivity contribution in [2.75, 3.05) is 11.9 Å². The van der Waals surface area contributed by atoms with Crippen LogP contribution in [-0.2, 0) is 19.7 Å². The number of para-hydroxylation sites is 1. The summed E-state index contributed by atoms with van der Waals surface area (Å²) in [4.78, 5) is 24.1. The third kappa shape index (κ3) is 5.44. The minimum atomic E-state index is -0.636. The van der Waals surface area contributed by atoms with Gasteiger partial charge in [0.25, 0.3) is 5.91 Å². The van der Waals surface area contributed by atoms with Gasteiger partial charge < -0.3 is 14.5 Å². The molecule has 3 rings (SSSR count). The molecule has 29 heavy (non-hydrogen) atoms. The Morgan fingerprint density at radius 2 is 1.93 bits per heavy atom. The lowest BCUT2D eigenvalue weighted by atomic mass is 9.92. The Morgan fingerprint density at radius 3 is 2.59 bits per heavy atom. The van der Waals surface area contributed by atoms with E-state index < -0.39 is 18.5 Å². The van der Waals surface area contributed by atoms with E-state index in [4.69, 9.17) is 9.15 Å². The molecule has 0 fully saturated rings. The van der Waals surface area contributed by atoms with Crippen LogP contribution in [0.3, 0.4) is 0 Å². The van der Waals surface area contributed by atoms with E-state index in [1.165, 1.54) is 18.4 Å². The number of carbonyl (C=O) groups excluding carboxylic acids is 2. The number of amides is 1. The smallest absolute Gasteiger partial charge is 0.331 e. The van der Waals surface area contributed by atoms with Gasteiger partial charge in [-0.15, -0.1) is 0 Å². The third-order valence-electron chi connectivity index (χ3n) is 4.02. The maximum absolute atomic E-state index is 12.3. The van der Waals surface area contributed by atoms with Crippen LogP contribution in [-0.4, -0.2) is 28.3 Å². The average Bonchev–Trinajstić information content (AvgIpc) is 3.35. The fourth-order valence-corrected chi connectivity index (χ4v) is 2.50. The largest absolute Gasteiger partial charge is 0.465 e. The van der Waals surface area contributed by atoms with Crippen LogP contribution in [0.25, 0.3) is 11.8 Å². The van der Waals surface area contributed by atoms with Crippen LogP contribution in [0.1, 0.15) is 32.2 Å². The second kappa shape index (κ2) is 8.60. The molecule has 7 heteroatoms. The standard InChI is InChI=1S/C22H23N3O4/c1-22(2,3)18-14-19(25(24-18)16-8-5-4-6-9-16)23-20(26)15-29-21(27)12-11-17-10-7-13-28-17/h4-14H,15H2,1-3H3,(H,23,26)/b12-11+. The number of aromatic nitrogens is 2. The van der Waals surface area contributed by atoms with E-state index in [1.54, 1.807) is 16.8 Å². The summed E-state index contributed by atoms with van der Waals surface area (Å²) in [6, 6.07) is 14.7. The molecule has 0 aliphatic carbocycles. The first kappa shape index (κ1) is 20.1. The van der Waals surface area contributed by atoms with Gasteiger partial charge >= 0.3 is 5.97 Å². The number of nitrogens with zero attached hydrogens (tertiary/aromatic N) is 2. The van der Waals surface area contributed by atoms with Crippen LogP contribution < -0.4 is 5.32 Å². The van der Waals surface area contributed by atoms with Gasteiger partial charge in [0.05, 0.1) is 17.6 Å². The molecule has 150 valence electrons. The number of hydrogen-bond donors (Lipinski definition) is 1. The van der Waals surface area contributed by atoms with Gasteiger partial charge in [-0.2, -0.15) is 5.10 Å². The first-order chi connectivity index (χ1) is 13.8. The van der Waals surface area contributed by atoms with Crippen LogP contribution in [0.15, 0.2) is 65.3 Å². The van der Waals surface area contributed by atoms with Crippen molar-refractivity contribution in [1.29, 1.82) is 0 Å². The van der Waals surface area contributed by atoms with Gasteiger partial charge in [0, 0.05) is 17.6 Å². The molecular formula is C22H23N3O4. The van der Waals surface area contributed by atoms with E-state index in [-0.39, 0.29) is 5.41 Å².